The van der Waals surface area contributed by atoms with Gasteiger partial charge in [-0.1, -0.05) is 15.9 Å². The number of hydrogen-bond acceptors (Lipinski definition) is 4. The summed E-state index contributed by atoms with van der Waals surface area (Å²) in [6, 6.07) is 3.37. The third-order valence-electron chi connectivity index (χ3n) is 2.49. The first kappa shape index (κ1) is 17.9. The fourth-order valence-electron chi connectivity index (χ4n) is 1.42. The Morgan fingerprint density at radius 2 is 2.09 bits per heavy atom. The Bertz CT molecular complexity index is 582. The van der Waals surface area contributed by atoms with Gasteiger partial charge in [-0.3, -0.25) is 9.59 Å². The van der Waals surface area contributed by atoms with Crippen LogP contribution >= 0.6 is 15.9 Å². The number of anilines is 1. The van der Waals surface area contributed by atoms with Gasteiger partial charge in [-0.05, 0) is 25.1 Å². The number of primary amides is 1. The maximum atomic E-state index is 13.6. The van der Waals surface area contributed by atoms with Crippen LogP contribution in [-0.2, 0) is 14.3 Å². The molecule has 7 nitrogen and oxygen atoms in total. The van der Waals surface area contributed by atoms with E-state index in [-0.39, 0.29) is 18.7 Å². The third kappa shape index (κ3) is 6.08. The van der Waals surface area contributed by atoms with Crippen LogP contribution in [0.5, 0.6) is 0 Å². The Kier molecular flexibility index (Phi) is 6.77. The average molecular weight is 376 g/mol. The summed E-state index contributed by atoms with van der Waals surface area (Å²) in [5.41, 5.74) is 4.81. The number of hydrogen-bond donors (Lipinski definition) is 3. The number of nitrogens with two attached hydrogens (primary N) is 1. The predicted octanol–water partition coefficient (Wildman–Crippen LogP) is 1.52. The molecule has 0 saturated heterocycles. The first-order chi connectivity index (χ1) is 10.3. The van der Waals surface area contributed by atoms with E-state index in [4.69, 9.17) is 10.5 Å². The first-order valence-corrected chi connectivity index (χ1v) is 7.07. The zero-order chi connectivity index (χ0) is 16.7. The lowest BCUT2D eigenvalue weighted by Gasteiger charge is -2.14. The molecule has 0 aliphatic carbocycles. The molecular formula is C13H15BrFN3O4. The molecule has 0 fully saturated rings. The highest BCUT2D eigenvalue weighted by atomic mass is 79.9. The lowest BCUT2D eigenvalue weighted by atomic mass is 10.3. The molecule has 0 saturated carbocycles. The summed E-state index contributed by atoms with van der Waals surface area (Å²) in [5.74, 6) is -1.97. The summed E-state index contributed by atoms with van der Waals surface area (Å²) in [4.78, 5) is 33.7. The van der Waals surface area contributed by atoms with Crippen LogP contribution < -0.4 is 16.4 Å². The summed E-state index contributed by atoms with van der Waals surface area (Å²) < 4.78 is 19.0. The van der Waals surface area contributed by atoms with Gasteiger partial charge in [0, 0.05) is 11.0 Å². The zero-order valence-electron chi connectivity index (χ0n) is 11.7. The second-order valence-corrected chi connectivity index (χ2v) is 5.20. The third-order valence-corrected chi connectivity index (χ3v) is 2.99. The summed E-state index contributed by atoms with van der Waals surface area (Å²) in [7, 11) is 0. The van der Waals surface area contributed by atoms with Gasteiger partial charge in [0.15, 0.2) is 6.10 Å². The topological polar surface area (TPSA) is 111 Å². The molecule has 22 heavy (non-hydrogen) atoms. The maximum absolute atomic E-state index is 13.6. The van der Waals surface area contributed by atoms with Gasteiger partial charge < -0.3 is 21.1 Å². The van der Waals surface area contributed by atoms with Crippen LogP contribution in [0.4, 0.5) is 14.9 Å². The smallest absolute Gasteiger partial charge is 0.312 e. The van der Waals surface area contributed by atoms with Crippen LogP contribution in [0.25, 0.3) is 0 Å². The molecule has 1 atom stereocenters. The van der Waals surface area contributed by atoms with Crippen molar-refractivity contribution < 1.29 is 23.5 Å². The number of urea groups is 1. The fourth-order valence-corrected chi connectivity index (χ4v) is 1.76. The second-order valence-electron chi connectivity index (χ2n) is 4.29. The molecule has 0 spiro atoms. The lowest BCUT2D eigenvalue weighted by Crippen LogP contribution is -2.33. The van der Waals surface area contributed by atoms with Crippen LogP contribution in [0, 0.1) is 5.82 Å². The van der Waals surface area contributed by atoms with Crippen LogP contribution in [0.2, 0.25) is 0 Å². The van der Waals surface area contributed by atoms with Crippen molar-refractivity contribution in [3.63, 3.8) is 0 Å². The molecule has 3 amide bonds. The fraction of sp³-hybridized carbons (Fsp3) is 0.308. The molecule has 0 aliphatic rings. The monoisotopic (exact) mass is 375 g/mol. The highest BCUT2D eigenvalue weighted by Crippen LogP contribution is 2.19. The van der Waals surface area contributed by atoms with Crippen LogP contribution in [0.15, 0.2) is 22.7 Å². The van der Waals surface area contributed by atoms with E-state index in [2.05, 4.69) is 26.6 Å². The predicted molar refractivity (Wildman–Crippen MR) is 80.5 cm³/mol. The molecule has 1 aromatic carbocycles. The summed E-state index contributed by atoms with van der Waals surface area (Å²) in [5, 5.41) is 4.53. The number of carbonyl (C=O) groups is 3. The number of esters is 1. The molecule has 4 N–H and O–H groups in total. The number of rotatable bonds is 6. The van der Waals surface area contributed by atoms with Crippen LogP contribution in [0.1, 0.15) is 13.3 Å². The first-order valence-electron chi connectivity index (χ1n) is 6.28. The SMILES string of the molecule is C[C@H](OC(=O)CCNC(N)=O)C(=O)Nc1ccc(Br)cc1F. The van der Waals surface area contributed by atoms with Crippen molar-refractivity contribution in [2.45, 2.75) is 19.4 Å². The van der Waals surface area contributed by atoms with Crippen molar-refractivity contribution in [2.24, 2.45) is 5.73 Å². The lowest BCUT2D eigenvalue weighted by molar-refractivity contribution is -0.153. The van der Waals surface area contributed by atoms with Gasteiger partial charge in [0.2, 0.25) is 0 Å². The molecule has 0 aliphatic heterocycles. The zero-order valence-corrected chi connectivity index (χ0v) is 13.3. The van der Waals surface area contributed by atoms with Crippen LogP contribution in [0.3, 0.4) is 0 Å². The van der Waals surface area contributed by atoms with E-state index in [0.717, 1.165) is 0 Å². The van der Waals surface area contributed by atoms with E-state index in [1.165, 1.54) is 19.1 Å². The van der Waals surface area contributed by atoms with E-state index in [1.54, 1.807) is 6.07 Å². The van der Waals surface area contributed by atoms with Crippen molar-refractivity contribution in [3.05, 3.63) is 28.5 Å². The quantitative estimate of drug-likeness (QED) is 0.654. The molecular weight excluding hydrogens is 361 g/mol. The van der Waals surface area contributed by atoms with Crippen molar-refractivity contribution in [1.82, 2.24) is 5.32 Å². The largest absolute Gasteiger partial charge is 0.452 e. The van der Waals surface area contributed by atoms with Gasteiger partial charge in [-0.15, -0.1) is 0 Å². The van der Waals surface area contributed by atoms with Gasteiger partial charge >= 0.3 is 12.0 Å². The Labute approximate surface area is 134 Å². The van der Waals surface area contributed by atoms with Crippen molar-refractivity contribution >= 4 is 39.5 Å². The van der Waals surface area contributed by atoms with E-state index in [9.17, 15) is 18.8 Å². The van der Waals surface area contributed by atoms with Gasteiger partial charge in [-0.2, -0.15) is 0 Å². The molecule has 0 aromatic heterocycles. The molecule has 0 heterocycles. The van der Waals surface area contributed by atoms with E-state index >= 15 is 0 Å². The molecule has 120 valence electrons. The molecule has 0 radical (unpaired) electrons. The number of benzene rings is 1. The summed E-state index contributed by atoms with van der Waals surface area (Å²) in [6.07, 6.45) is -1.24. The normalized spacial score (nSPS) is 11.4. The Balaban J connectivity index is 2.47. The summed E-state index contributed by atoms with van der Waals surface area (Å²) >= 11 is 3.10. The van der Waals surface area contributed by atoms with E-state index in [0.29, 0.717) is 4.47 Å². The summed E-state index contributed by atoms with van der Waals surface area (Å²) in [6.45, 7) is 1.36. The molecule has 1 aromatic rings. The highest BCUT2D eigenvalue weighted by molar-refractivity contribution is 9.10. The molecule has 9 heteroatoms. The van der Waals surface area contributed by atoms with Crippen LogP contribution in [-0.4, -0.2) is 30.6 Å². The van der Waals surface area contributed by atoms with Crippen molar-refractivity contribution in [1.29, 1.82) is 0 Å². The van der Waals surface area contributed by atoms with Crippen molar-refractivity contribution in [3.8, 4) is 0 Å². The number of nitrogens with one attached hydrogen (secondary N) is 2. The maximum Gasteiger partial charge on any atom is 0.312 e. The molecule has 0 unspecified atom stereocenters. The van der Waals surface area contributed by atoms with Gasteiger partial charge in [-0.25, -0.2) is 9.18 Å². The minimum Gasteiger partial charge on any atom is -0.452 e. The average Bonchev–Trinajstić information content (AvgIpc) is 2.41. The number of carbonyl (C=O) groups excluding carboxylic acids is 3. The number of amides is 3. The minimum atomic E-state index is -1.11. The van der Waals surface area contributed by atoms with Gasteiger partial charge in [0.25, 0.3) is 5.91 Å². The number of halogens is 2. The van der Waals surface area contributed by atoms with E-state index < -0.39 is 29.8 Å². The van der Waals surface area contributed by atoms with Gasteiger partial charge in [0.05, 0.1) is 12.1 Å². The molecule has 1 rings (SSSR count). The Morgan fingerprint density at radius 1 is 1.41 bits per heavy atom. The number of ether oxygens (including phenoxy) is 1. The Hall–Kier alpha value is -2.16. The van der Waals surface area contributed by atoms with E-state index in [1.807, 2.05) is 0 Å². The minimum absolute atomic E-state index is 0.00382. The standard InChI is InChI=1S/C13H15BrFN3O4/c1-7(22-11(19)4-5-17-13(16)21)12(20)18-10-3-2-8(14)6-9(10)15/h2-3,6-7H,4-5H2,1H3,(H,18,20)(H3,16,17,21)/t7-/m0/s1. The second kappa shape index (κ2) is 8.32. The highest BCUT2D eigenvalue weighted by Gasteiger charge is 2.19. The van der Waals surface area contributed by atoms with Gasteiger partial charge in [0.1, 0.15) is 5.82 Å². The molecule has 0 bridgehead atoms. The Morgan fingerprint density at radius 3 is 2.68 bits per heavy atom. The van der Waals surface area contributed by atoms with Crippen molar-refractivity contribution in [2.75, 3.05) is 11.9 Å².